The molecule has 6 heteroatoms. The number of benzene rings is 1. The lowest BCUT2D eigenvalue weighted by atomic mass is 10.2. The van der Waals surface area contributed by atoms with Crippen LogP contribution in [0.25, 0.3) is 0 Å². The highest BCUT2D eigenvalue weighted by atomic mass is 79.9. The molecule has 0 spiro atoms. The topological polar surface area (TPSA) is 46.9 Å². The normalized spacial score (nSPS) is 10.3. The van der Waals surface area contributed by atoms with E-state index in [1.807, 2.05) is 6.20 Å². The van der Waals surface area contributed by atoms with Crippen molar-refractivity contribution in [2.24, 2.45) is 0 Å². The van der Waals surface area contributed by atoms with Crippen LogP contribution in [0.4, 0.5) is 4.39 Å². The Kier molecular flexibility index (Phi) is 4.09. The zero-order chi connectivity index (χ0) is 13.0. The third kappa shape index (κ3) is 3.40. The second-order valence-electron chi connectivity index (χ2n) is 3.69. The van der Waals surface area contributed by atoms with E-state index in [2.05, 4.69) is 26.3 Å². The maximum atomic E-state index is 12.9. The summed E-state index contributed by atoms with van der Waals surface area (Å²) in [6.45, 7) is 0.996. The number of hydrogen-bond donors (Lipinski definition) is 1. The van der Waals surface area contributed by atoms with Gasteiger partial charge in [-0.2, -0.15) is 5.10 Å². The van der Waals surface area contributed by atoms with Gasteiger partial charge in [0.15, 0.2) is 0 Å². The minimum atomic E-state index is -0.418. The fraction of sp³-hybridized carbons (Fsp3) is 0.167. The first-order valence-electron chi connectivity index (χ1n) is 5.37. The summed E-state index contributed by atoms with van der Waals surface area (Å²) in [6, 6.07) is 5.59. The van der Waals surface area contributed by atoms with Crippen LogP contribution in [0.1, 0.15) is 10.4 Å². The molecule has 1 aromatic heterocycles. The molecule has 1 N–H and O–H groups in total. The van der Waals surface area contributed by atoms with Crippen LogP contribution in [-0.4, -0.2) is 22.2 Å². The predicted octanol–water partition coefficient (Wildman–Crippen LogP) is 2.21. The van der Waals surface area contributed by atoms with Gasteiger partial charge in [0.2, 0.25) is 0 Å². The number of carbonyl (C=O) groups is 1. The average molecular weight is 312 g/mol. The van der Waals surface area contributed by atoms with Crippen LogP contribution in [0.3, 0.4) is 0 Å². The fourth-order valence-corrected chi connectivity index (χ4v) is 1.80. The molecular weight excluding hydrogens is 301 g/mol. The third-order valence-corrected chi connectivity index (χ3v) is 2.72. The van der Waals surface area contributed by atoms with E-state index >= 15 is 0 Å². The van der Waals surface area contributed by atoms with E-state index in [1.165, 1.54) is 18.2 Å². The lowest BCUT2D eigenvalue weighted by Crippen LogP contribution is -2.27. The molecule has 18 heavy (non-hydrogen) atoms. The van der Waals surface area contributed by atoms with E-state index in [0.717, 1.165) is 4.47 Å². The highest BCUT2D eigenvalue weighted by Gasteiger charge is 2.05. The van der Waals surface area contributed by atoms with Crippen molar-refractivity contribution in [3.05, 3.63) is 52.5 Å². The van der Waals surface area contributed by atoms with E-state index in [4.69, 9.17) is 0 Å². The molecule has 0 aliphatic rings. The molecule has 94 valence electrons. The summed E-state index contributed by atoms with van der Waals surface area (Å²) < 4.78 is 15.5. The van der Waals surface area contributed by atoms with Crippen molar-refractivity contribution in [2.45, 2.75) is 6.54 Å². The molecule has 0 unspecified atom stereocenters. The molecule has 0 radical (unpaired) electrons. The molecule has 2 rings (SSSR count). The van der Waals surface area contributed by atoms with Crippen LogP contribution < -0.4 is 5.32 Å². The average Bonchev–Trinajstić information content (AvgIpc) is 2.75. The smallest absolute Gasteiger partial charge is 0.251 e. The number of carbonyl (C=O) groups excluding carboxylic acids is 1. The van der Waals surface area contributed by atoms with Gasteiger partial charge in [0.25, 0.3) is 5.91 Å². The largest absolute Gasteiger partial charge is 0.350 e. The van der Waals surface area contributed by atoms with Crippen molar-refractivity contribution in [1.29, 1.82) is 0 Å². The minimum absolute atomic E-state index is 0.291. The van der Waals surface area contributed by atoms with Gasteiger partial charge in [0.1, 0.15) is 5.82 Å². The monoisotopic (exact) mass is 311 g/mol. The summed E-state index contributed by atoms with van der Waals surface area (Å²) >= 11 is 3.29. The Hall–Kier alpha value is -1.69. The van der Waals surface area contributed by atoms with Crippen molar-refractivity contribution in [3.8, 4) is 0 Å². The molecule has 0 aliphatic carbocycles. The molecule has 1 aromatic carbocycles. The van der Waals surface area contributed by atoms with Gasteiger partial charge >= 0.3 is 0 Å². The predicted molar refractivity (Wildman–Crippen MR) is 68.7 cm³/mol. The third-order valence-electron chi connectivity index (χ3n) is 2.32. The standard InChI is InChI=1S/C12H11BrFN3O/c13-10-7-16-17(8-10)5-4-15-12(18)9-2-1-3-11(14)6-9/h1-3,6-8H,4-5H2,(H,15,18). The molecule has 0 fully saturated rings. The Morgan fingerprint density at radius 2 is 2.33 bits per heavy atom. The summed E-state index contributed by atoms with van der Waals surface area (Å²) in [5.41, 5.74) is 0.316. The number of hydrogen-bond acceptors (Lipinski definition) is 2. The summed E-state index contributed by atoms with van der Waals surface area (Å²) in [5.74, 6) is -0.709. The van der Waals surface area contributed by atoms with Crippen molar-refractivity contribution < 1.29 is 9.18 Å². The van der Waals surface area contributed by atoms with Gasteiger partial charge in [-0.05, 0) is 34.1 Å². The molecule has 0 atom stereocenters. The first kappa shape index (κ1) is 12.8. The lowest BCUT2D eigenvalue weighted by Gasteiger charge is -2.05. The summed E-state index contributed by atoms with van der Waals surface area (Å²) in [6.07, 6.45) is 3.49. The highest BCUT2D eigenvalue weighted by molar-refractivity contribution is 9.10. The van der Waals surface area contributed by atoms with E-state index in [0.29, 0.717) is 18.7 Å². The van der Waals surface area contributed by atoms with Gasteiger partial charge < -0.3 is 5.32 Å². The lowest BCUT2D eigenvalue weighted by molar-refractivity contribution is 0.0951. The van der Waals surface area contributed by atoms with Crippen LogP contribution in [0.2, 0.25) is 0 Å². The first-order valence-corrected chi connectivity index (χ1v) is 6.16. The molecular formula is C12H11BrFN3O. The maximum Gasteiger partial charge on any atom is 0.251 e. The Morgan fingerprint density at radius 1 is 1.50 bits per heavy atom. The molecule has 1 heterocycles. The Morgan fingerprint density at radius 3 is 3.00 bits per heavy atom. The Bertz CT molecular complexity index is 556. The van der Waals surface area contributed by atoms with Crippen molar-refractivity contribution in [2.75, 3.05) is 6.54 Å². The van der Waals surface area contributed by atoms with Crippen molar-refractivity contribution >= 4 is 21.8 Å². The minimum Gasteiger partial charge on any atom is -0.350 e. The van der Waals surface area contributed by atoms with Crippen LogP contribution in [0, 0.1) is 5.82 Å². The quantitative estimate of drug-likeness (QED) is 0.941. The van der Waals surface area contributed by atoms with Crippen molar-refractivity contribution in [1.82, 2.24) is 15.1 Å². The maximum absolute atomic E-state index is 12.9. The molecule has 0 saturated heterocycles. The van der Waals surface area contributed by atoms with Crippen molar-refractivity contribution in [3.63, 3.8) is 0 Å². The molecule has 4 nitrogen and oxygen atoms in total. The summed E-state index contributed by atoms with van der Waals surface area (Å²) in [7, 11) is 0. The summed E-state index contributed by atoms with van der Waals surface area (Å²) in [4.78, 5) is 11.7. The number of nitrogens with zero attached hydrogens (tertiary/aromatic N) is 2. The number of aromatic nitrogens is 2. The van der Waals surface area contributed by atoms with Gasteiger partial charge in [-0.3, -0.25) is 9.48 Å². The van der Waals surface area contributed by atoms with E-state index in [-0.39, 0.29) is 5.91 Å². The molecule has 1 amide bonds. The SMILES string of the molecule is O=C(NCCn1cc(Br)cn1)c1cccc(F)c1. The van der Waals surface area contributed by atoms with Gasteiger partial charge in [-0.25, -0.2) is 4.39 Å². The Labute approximate surface area is 112 Å². The zero-order valence-electron chi connectivity index (χ0n) is 9.44. The second kappa shape index (κ2) is 5.77. The van der Waals surface area contributed by atoms with Gasteiger partial charge in [-0.1, -0.05) is 6.07 Å². The van der Waals surface area contributed by atoms with E-state index in [1.54, 1.807) is 16.9 Å². The van der Waals surface area contributed by atoms with Crippen LogP contribution >= 0.6 is 15.9 Å². The summed E-state index contributed by atoms with van der Waals surface area (Å²) in [5, 5.41) is 6.76. The Balaban J connectivity index is 1.85. The van der Waals surface area contributed by atoms with Crippen LogP contribution in [-0.2, 0) is 6.54 Å². The van der Waals surface area contributed by atoms with Gasteiger partial charge in [0, 0.05) is 18.3 Å². The molecule has 0 aliphatic heterocycles. The van der Waals surface area contributed by atoms with E-state index < -0.39 is 5.82 Å². The molecule has 2 aromatic rings. The highest BCUT2D eigenvalue weighted by Crippen LogP contribution is 2.06. The van der Waals surface area contributed by atoms with E-state index in [9.17, 15) is 9.18 Å². The van der Waals surface area contributed by atoms with Gasteiger partial charge in [0.05, 0.1) is 17.2 Å². The van der Waals surface area contributed by atoms with Crippen LogP contribution in [0.5, 0.6) is 0 Å². The molecule has 0 bridgehead atoms. The second-order valence-corrected chi connectivity index (χ2v) is 4.60. The first-order chi connectivity index (χ1) is 8.65. The number of amides is 1. The number of rotatable bonds is 4. The fourth-order valence-electron chi connectivity index (χ4n) is 1.48. The molecule has 0 saturated carbocycles. The zero-order valence-corrected chi connectivity index (χ0v) is 11.0. The number of halogens is 2. The van der Waals surface area contributed by atoms with Gasteiger partial charge in [-0.15, -0.1) is 0 Å². The van der Waals surface area contributed by atoms with Crippen LogP contribution in [0.15, 0.2) is 41.1 Å². The number of nitrogens with one attached hydrogen (secondary N) is 1.